The van der Waals surface area contributed by atoms with Gasteiger partial charge in [-0.15, -0.1) is 10.3 Å². The fourth-order valence-corrected chi connectivity index (χ4v) is 2.08. The van der Waals surface area contributed by atoms with Gasteiger partial charge in [-0.05, 0) is 19.4 Å². The third kappa shape index (κ3) is 6.38. The van der Waals surface area contributed by atoms with Crippen molar-refractivity contribution < 1.29 is 4.18 Å². The van der Waals surface area contributed by atoms with Gasteiger partial charge in [-0.25, -0.2) is 0 Å². The quantitative estimate of drug-likeness (QED) is 0.759. The van der Waals surface area contributed by atoms with E-state index in [1.807, 2.05) is 0 Å². The molecular weight excluding hydrogens is 226 g/mol. The second kappa shape index (κ2) is 6.71. The van der Waals surface area contributed by atoms with Crippen LogP contribution in [0.3, 0.4) is 0 Å². The highest BCUT2D eigenvalue weighted by Gasteiger charge is 2.30. The predicted molar refractivity (Wildman–Crippen MR) is 78.1 cm³/mol. The Balaban J connectivity index is 0. The smallest absolute Gasteiger partial charge is 0.0844 e. The van der Waals surface area contributed by atoms with Crippen LogP contribution in [0.2, 0.25) is 0 Å². The average molecular weight is 253 g/mol. The zero-order chi connectivity index (χ0) is 11.4. The van der Waals surface area contributed by atoms with Crippen molar-refractivity contribution >= 4 is 28.0 Å². The molecule has 0 aromatic carbocycles. The first-order valence-corrected chi connectivity index (χ1v) is 7.63. The lowest BCUT2D eigenvalue weighted by molar-refractivity contribution is 0.250. The van der Waals surface area contributed by atoms with Crippen molar-refractivity contribution in [3.63, 3.8) is 0 Å². The first-order chi connectivity index (χ1) is 6.20. The Morgan fingerprint density at radius 1 is 1.40 bits per heavy atom. The molecule has 0 aromatic heterocycles. The van der Waals surface area contributed by atoms with E-state index >= 15 is 0 Å². The average Bonchev–Trinajstić information content (AvgIpc) is 1.97. The van der Waals surface area contributed by atoms with Crippen molar-refractivity contribution in [2.24, 2.45) is 0 Å². The molecular formula is C11H27NOS2. The van der Waals surface area contributed by atoms with E-state index in [4.69, 9.17) is 16.4 Å². The van der Waals surface area contributed by atoms with Crippen LogP contribution in [0.5, 0.6) is 0 Å². The molecule has 0 saturated carbocycles. The molecule has 15 heavy (non-hydrogen) atoms. The molecule has 1 atom stereocenters. The maximum atomic E-state index is 6.06. The molecule has 0 bridgehead atoms. The van der Waals surface area contributed by atoms with Gasteiger partial charge in [0, 0.05) is 11.3 Å². The summed E-state index contributed by atoms with van der Waals surface area (Å²) < 4.78 is 6.28. The molecule has 1 N–H and O–H groups in total. The van der Waals surface area contributed by atoms with E-state index in [2.05, 4.69) is 45.5 Å². The van der Waals surface area contributed by atoms with Crippen LogP contribution in [0.25, 0.3) is 0 Å². The Morgan fingerprint density at radius 2 is 1.87 bits per heavy atom. The fraction of sp³-hybridized carbons (Fsp3) is 0.909. The topological polar surface area (TPSA) is 21.3 Å². The van der Waals surface area contributed by atoms with Crippen molar-refractivity contribution in [2.45, 2.75) is 46.0 Å². The molecule has 0 rings (SSSR count). The molecule has 0 unspecified atom stereocenters. The first-order valence-electron chi connectivity index (χ1n) is 4.79. The Morgan fingerprint density at radius 3 is 2.20 bits per heavy atom. The van der Waals surface area contributed by atoms with Crippen LogP contribution in [0, 0.1) is 0 Å². The molecule has 0 aliphatic carbocycles. The Bertz CT molecular complexity index is 188. The highest BCUT2D eigenvalue weighted by Crippen LogP contribution is 2.54. The molecule has 0 fully saturated rings. The summed E-state index contributed by atoms with van der Waals surface area (Å²) in [5.41, 5.74) is 1.54. The fourth-order valence-electron chi connectivity index (χ4n) is 0.803. The van der Waals surface area contributed by atoms with Crippen molar-refractivity contribution in [3.05, 3.63) is 0 Å². The van der Waals surface area contributed by atoms with Gasteiger partial charge < -0.3 is 9.50 Å². The molecule has 94 valence electrons. The SMILES string of the molecule is C.C[C@@H](CNC=S)OS(C)(C)C(C)(C)C. The maximum Gasteiger partial charge on any atom is 0.0844 e. The molecule has 0 amide bonds. The molecule has 2 nitrogen and oxygen atoms in total. The monoisotopic (exact) mass is 253 g/mol. The number of thiocarbonyl (C=S) groups is 1. The second-order valence-corrected chi connectivity index (χ2v) is 8.90. The van der Waals surface area contributed by atoms with Crippen LogP contribution in [-0.2, 0) is 4.18 Å². The van der Waals surface area contributed by atoms with Gasteiger partial charge in [-0.3, -0.25) is 0 Å². The van der Waals surface area contributed by atoms with Gasteiger partial charge in [-0.1, -0.05) is 40.4 Å². The van der Waals surface area contributed by atoms with Crippen LogP contribution >= 0.6 is 22.5 Å². The van der Waals surface area contributed by atoms with Crippen molar-refractivity contribution in [3.8, 4) is 0 Å². The summed E-state index contributed by atoms with van der Waals surface area (Å²) in [6.45, 7) is 9.54. The lowest BCUT2D eigenvalue weighted by Gasteiger charge is -2.45. The normalized spacial score (nSPS) is 15.1. The maximum absolute atomic E-state index is 6.06. The minimum atomic E-state index is -1.02. The van der Waals surface area contributed by atoms with E-state index < -0.39 is 10.3 Å². The lowest BCUT2D eigenvalue weighted by Crippen LogP contribution is -2.32. The molecule has 0 heterocycles. The highest BCUT2D eigenvalue weighted by molar-refractivity contribution is 8.29. The summed E-state index contributed by atoms with van der Waals surface area (Å²) in [5, 5.41) is 3.00. The second-order valence-electron chi connectivity index (χ2n) is 4.78. The van der Waals surface area contributed by atoms with Crippen molar-refractivity contribution in [1.82, 2.24) is 5.32 Å². The molecule has 4 heteroatoms. The van der Waals surface area contributed by atoms with Gasteiger partial charge in [0.2, 0.25) is 0 Å². The number of rotatable bonds is 5. The van der Waals surface area contributed by atoms with Gasteiger partial charge in [-0.2, -0.15) is 0 Å². The van der Waals surface area contributed by atoms with Gasteiger partial charge in [0.15, 0.2) is 0 Å². The van der Waals surface area contributed by atoms with Gasteiger partial charge in [0.05, 0.1) is 11.6 Å². The molecule has 0 aromatic rings. The third-order valence-corrected chi connectivity index (χ3v) is 6.29. The van der Waals surface area contributed by atoms with Crippen molar-refractivity contribution in [1.29, 1.82) is 0 Å². The molecule has 0 aliphatic heterocycles. The summed E-state index contributed by atoms with van der Waals surface area (Å²) in [4.78, 5) is 0. The minimum absolute atomic E-state index is 0. The van der Waals surface area contributed by atoms with Crippen LogP contribution in [0.4, 0.5) is 0 Å². The van der Waals surface area contributed by atoms with Gasteiger partial charge in [0.1, 0.15) is 0 Å². The zero-order valence-corrected chi connectivity index (χ0v) is 11.7. The van der Waals surface area contributed by atoms with Gasteiger partial charge >= 0.3 is 0 Å². The van der Waals surface area contributed by atoms with Crippen molar-refractivity contribution in [2.75, 3.05) is 19.1 Å². The minimum Gasteiger partial charge on any atom is -0.380 e. The summed E-state index contributed by atoms with van der Waals surface area (Å²) >= 11 is 4.70. The van der Waals surface area contributed by atoms with E-state index in [1.54, 1.807) is 5.49 Å². The number of hydrogen-bond donors (Lipinski definition) is 1. The summed E-state index contributed by atoms with van der Waals surface area (Å²) in [6, 6.07) is 0. The van der Waals surface area contributed by atoms with Gasteiger partial charge in [0.25, 0.3) is 0 Å². The van der Waals surface area contributed by atoms with Crippen LogP contribution in [-0.4, -0.2) is 35.4 Å². The van der Waals surface area contributed by atoms with E-state index in [0.717, 1.165) is 6.54 Å². The Labute approximate surface area is 103 Å². The molecule has 0 radical (unpaired) electrons. The number of hydrogen-bond acceptors (Lipinski definition) is 2. The first kappa shape index (κ1) is 17.6. The lowest BCUT2D eigenvalue weighted by atomic mass is 10.3. The molecule has 0 spiro atoms. The van der Waals surface area contributed by atoms with Crippen LogP contribution in [0.1, 0.15) is 35.1 Å². The summed E-state index contributed by atoms with van der Waals surface area (Å²) in [6.07, 6.45) is 4.63. The standard InChI is InChI=1S/C10H23NOS2.CH4/c1-9(7-11-8-13)12-14(5,6)10(2,3)4;/h8-9H,7H2,1-6H3,(H,11,13);1H4/t9-;/m0./s1. The van der Waals surface area contributed by atoms with E-state index in [1.165, 1.54) is 0 Å². The van der Waals surface area contributed by atoms with E-state index in [0.29, 0.717) is 0 Å². The van der Waals surface area contributed by atoms with Crippen LogP contribution < -0.4 is 5.32 Å². The summed E-state index contributed by atoms with van der Waals surface area (Å²) in [5.74, 6) is 0. The molecule has 0 aliphatic rings. The highest BCUT2D eigenvalue weighted by atomic mass is 32.3. The van der Waals surface area contributed by atoms with E-state index in [9.17, 15) is 0 Å². The number of nitrogens with one attached hydrogen (secondary N) is 1. The Kier molecular flexibility index (Phi) is 7.87. The predicted octanol–water partition coefficient (Wildman–Crippen LogP) is 3.35. The Hall–Kier alpha value is 0.200. The van der Waals surface area contributed by atoms with Crippen LogP contribution in [0.15, 0.2) is 0 Å². The van der Waals surface area contributed by atoms with E-state index in [-0.39, 0.29) is 18.3 Å². The largest absolute Gasteiger partial charge is 0.380 e. The third-order valence-electron chi connectivity index (χ3n) is 2.37. The molecule has 0 saturated heterocycles. The zero-order valence-electron chi connectivity index (χ0n) is 10.1. The summed E-state index contributed by atoms with van der Waals surface area (Å²) in [7, 11) is -1.02.